The molecule has 0 radical (unpaired) electrons. The van der Waals surface area contributed by atoms with Gasteiger partial charge in [-0.15, -0.1) is 0 Å². The van der Waals surface area contributed by atoms with Gasteiger partial charge in [0, 0.05) is 17.3 Å². The third-order valence-corrected chi connectivity index (χ3v) is 4.67. The molecule has 0 N–H and O–H groups in total. The van der Waals surface area contributed by atoms with Gasteiger partial charge in [0.25, 0.3) is 0 Å². The van der Waals surface area contributed by atoms with Crippen molar-refractivity contribution in [2.45, 2.75) is 20.3 Å². The summed E-state index contributed by atoms with van der Waals surface area (Å²) in [6.07, 6.45) is 1.44. The maximum Gasteiger partial charge on any atom is 0.189 e. The van der Waals surface area contributed by atoms with E-state index in [2.05, 4.69) is 9.98 Å². The van der Waals surface area contributed by atoms with E-state index < -0.39 is 11.7 Å². The molecule has 3 aromatic rings. The number of benzene rings is 2. The molecule has 1 aromatic heterocycles. The van der Waals surface area contributed by atoms with Crippen LogP contribution in [0.3, 0.4) is 0 Å². The highest BCUT2D eigenvalue weighted by Crippen LogP contribution is 2.24. The van der Waals surface area contributed by atoms with E-state index in [9.17, 15) is 9.59 Å². The lowest BCUT2D eigenvalue weighted by Crippen LogP contribution is -2.22. The summed E-state index contributed by atoms with van der Waals surface area (Å²) >= 11 is 0. The van der Waals surface area contributed by atoms with Gasteiger partial charge in [-0.2, -0.15) is 0 Å². The van der Waals surface area contributed by atoms with Crippen LogP contribution in [-0.4, -0.2) is 22.3 Å². The van der Waals surface area contributed by atoms with E-state index in [4.69, 9.17) is 0 Å². The van der Waals surface area contributed by atoms with Gasteiger partial charge in [0.1, 0.15) is 11.6 Å². The lowest BCUT2D eigenvalue weighted by Gasteiger charge is -2.12. The first kappa shape index (κ1) is 20.3. The van der Waals surface area contributed by atoms with Crippen molar-refractivity contribution in [3.8, 4) is 0 Å². The van der Waals surface area contributed by atoms with Gasteiger partial charge in [0.15, 0.2) is 11.6 Å². The molecule has 4 nitrogen and oxygen atoms in total. The van der Waals surface area contributed by atoms with Crippen LogP contribution < -0.4 is 0 Å². The molecule has 0 spiro atoms. The van der Waals surface area contributed by atoms with Crippen molar-refractivity contribution >= 4 is 23.1 Å². The number of hydrogen-bond donors (Lipinski definition) is 0. The smallest absolute Gasteiger partial charge is 0.189 e. The summed E-state index contributed by atoms with van der Waals surface area (Å²) in [6, 6.07) is 20.4. The van der Waals surface area contributed by atoms with Crippen molar-refractivity contribution in [1.29, 1.82) is 0 Å². The van der Waals surface area contributed by atoms with Gasteiger partial charge < -0.3 is 0 Å². The van der Waals surface area contributed by atoms with Gasteiger partial charge in [-0.1, -0.05) is 60.7 Å². The molecular formula is C24H21FN2O2. The van der Waals surface area contributed by atoms with Crippen molar-refractivity contribution in [2.24, 2.45) is 10.9 Å². The lowest BCUT2D eigenvalue weighted by molar-refractivity contribution is -0.130. The summed E-state index contributed by atoms with van der Waals surface area (Å²) < 4.78 is 15.2. The Morgan fingerprint density at radius 1 is 0.897 bits per heavy atom. The second kappa shape index (κ2) is 9.15. The molecule has 1 heterocycles. The molecule has 146 valence electrons. The molecule has 0 fully saturated rings. The molecule has 29 heavy (non-hydrogen) atoms. The molecule has 3 rings (SSSR count). The van der Waals surface area contributed by atoms with E-state index in [-0.39, 0.29) is 29.4 Å². The molecule has 0 aliphatic heterocycles. The first-order chi connectivity index (χ1) is 14.0. The van der Waals surface area contributed by atoms with E-state index in [0.29, 0.717) is 5.71 Å². The van der Waals surface area contributed by atoms with E-state index in [0.717, 1.165) is 11.1 Å². The standard InChI is InChI=1S/C24H21FN2O2/c1-16(28)21(17(2)29)15-20-13-14-26-24(22(20)25)27-23(18-9-5-3-6-10-18)19-11-7-4-8-12-19/h3-14,21H,15H2,1-2H3. The number of Topliss-reactive ketones (excluding diaryl/α,β-unsaturated/α-hetero) is 2. The molecule has 0 bridgehead atoms. The highest BCUT2D eigenvalue weighted by Gasteiger charge is 2.23. The Hall–Kier alpha value is -3.47. The molecule has 0 aliphatic rings. The summed E-state index contributed by atoms with van der Waals surface area (Å²) in [5.74, 6) is -2.13. The number of carbonyl (C=O) groups is 2. The van der Waals surface area contributed by atoms with Crippen LogP contribution in [0.4, 0.5) is 10.2 Å². The summed E-state index contributed by atoms with van der Waals surface area (Å²) in [5.41, 5.74) is 2.49. The highest BCUT2D eigenvalue weighted by molar-refractivity contribution is 6.13. The molecule has 2 aromatic carbocycles. The van der Waals surface area contributed by atoms with Crippen LogP contribution in [-0.2, 0) is 16.0 Å². The largest absolute Gasteiger partial charge is 0.299 e. The van der Waals surface area contributed by atoms with Crippen LogP contribution >= 0.6 is 0 Å². The number of halogens is 1. The molecule has 0 amide bonds. The number of rotatable bonds is 7. The molecular weight excluding hydrogens is 367 g/mol. The number of pyridine rings is 1. The maximum absolute atomic E-state index is 15.2. The second-order valence-electron chi connectivity index (χ2n) is 6.78. The SMILES string of the molecule is CC(=O)C(Cc1ccnc(N=C(c2ccccc2)c2ccccc2)c1F)C(C)=O. The van der Waals surface area contributed by atoms with Crippen molar-refractivity contribution in [3.63, 3.8) is 0 Å². The molecule has 0 aliphatic carbocycles. The fraction of sp³-hybridized carbons (Fsp3) is 0.167. The van der Waals surface area contributed by atoms with Crippen LogP contribution in [0.1, 0.15) is 30.5 Å². The van der Waals surface area contributed by atoms with Crippen LogP contribution in [0, 0.1) is 11.7 Å². The zero-order valence-corrected chi connectivity index (χ0v) is 16.3. The van der Waals surface area contributed by atoms with Crippen LogP contribution in [0.25, 0.3) is 0 Å². The Kier molecular flexibility index (Phi) is 6.39. The minimum atomic E-state index is -0.869. The Labute approximate surface area is 169 Å². The van der Waals surface area contributed by atoms with Gasteiger partial charge in [-0.05, 0) is 31.9 Å². The predicted molar refractivity (Wildman–Crippen MR) is 111 cm³/mol. The summed E-state index contributed by atoms with van der Waals surface area (Å²) in [6.45, 7) is 2.68. The monoisotopic (exact) mass is 388 g/mol. The highest BCUT2D eigenvalue weighted by atomic mass is 19.1. The Balaban J connectivity index is 2.07. The minimum Gasteiger partial charge on any atom is -0.299 e. The third kappa shape index (κ3) is 4.88. The normalized spacial score (nSPS) is 10.6. The van der Waals surface area contributed by atoms with Crippen LogP contribution in [0.15, 0.2) is 77.9 Å². The quantitative estimate of drug-likeness (QED) is 0.434. The first-order valence-electron chi connectivity index (χ1n) is 9.31. The van der Waals surface area contributed by atoms with Crippen molar-refractivity contribution in [3.05, 3.63) is 95.4 Å². The average molecular weight is 388 g/mol. The fourth-order valence-electron chi connectivity index (χ4n) is 3.09. The number of nitrogens with zero attached hydrogens (tertiary/aromatic N) is 2. The Morgan fingerprint density at radius 2 is 1.41 bits per heavy atom. The van der Waals surface area contributed by atoms with E-state index in [1.54, 1.807) is 0 Å². The molecule has 5 heteroatoms. The number of ketones is 2. The number of carbonyl (C=O) groups excluding carboxylic acids is 2. The summed E-state index contributed by atoms with van der Waals surface area (Å²) in [4.78, 5) is 32.1. The van der Waals surface area contributed by atoms with Crippen LogP contribution in [0.2, 0.25) is 0 Å². The van der Waals surface area contributed by atoms with E-state index >= 15 is 4.39 Å². The first-order valence-corrected chi connectivity index (χ1v) is 9.31. The third-order valence-electron chi connectivity index (χ3n) is 4.67. The summed E-state index contributed by atoms with van der Waals surface area (Å²) in [7, 11) is 0. The van der Waals surface area contributed by atoms with Crippen molar-refractivity contribution in [1.82, 2.24) is 4.98 Å². The van der Waals surface area contributed by atoms with Gasteiger partial charge in [0.2, 0.25) is 0 Å². The van der Waals surface area contributed by atoms with Crippen molar-refractivity contribution in [2.75, 3.05) is 0 Å². The predicted octanol–water partition coefficient (Wildman–Crippen LogP) is 4.73. The second-order valence-corrected chi connectivity index (χ2v) is 6.78. The molecule has 0 saturated carbocycles. The number of hydrogen-bond acceptors (Lipinski definition) is 4. The van der Waals surface area contributed by atoms with E-state index in [1.165, 1.54) is 26.1 Å². The summed E-state index contributed by atoms with van der Waals surface area (Å²) in [5, 5.41) is 0. The average Bonchev–Trinajstić information content (AvgIpc) is 2.73. The fourth-order valence-corrected chi connectivity index (χ4v) is 3.09. The molecule has 0 unspecified atom stereocenters. The van der Waals surface area contributed by atoms with Crippen molar-refractivity contribution < 1.29 is 14.0 Å². The van der Waals surface area contributed by atoms with Gasteiger partial charge >= 0.3 is 0 Å². The lowest BCUT2D eigenvalue weighted by atomic mass is 9.93. The number of aliphatic imine (C=N–C) groups is 1. The number of aromatic nitrogens is 1. The Bertz CT molecular complexity index is 991. The molecule has 0 saturated heterocycles. The maximum atomic E-state index is 15.2. The molecule has 0 atom stereocenters. The van der Waals surface area contributed by atoms with Crippen LogP contribution in [0.5, 0.6) is 0 Å². The minimum absolute atomic E-state index is 0.00640. The van der Waals surface area contributed by atoms with E-state index in [1.807, 2.05) is 60.7 Å². The Morgan fingerprint density at radius 3 is 1.90 bits per heavy atom. The van der Waals surface area contributed by atoms with Gasteiger partial charge in [-0.3, -0.25) is 9.59 Å². The van der Waals surface area contributed by atoms with Gasteiger partial charge in [-0.25, -0.2) is 14.4 Å². The zero-order chi connectivity index (χ0) is 20.8. The topological polar surface area (TPSA) is 59.4 Å². The van der Waals surface area contributed by atoms with Gasteiger partial charge in [0.05, 0.1) is 11.6 Å². The zero-order valence-electron chi connectivity index (χ0n) is 16.3.